The van der Waals surface area contributed by atoms with E-state index in [4.69, 9.17) is 4.74 Å². The van der Waals surface area contributed by atoms with Crippen LogP contribution in [0.5, 0.6) is 0 Å². The van der Waals surface area contributed by atoms with Crippen LogP contribution in [0.3, 0.4) is 0 Å². The van der Waals surface area contributed by atoms with Crippen molar-refractivity contribution in [3.63, 3.8) is 0 Å². The third-order valence-corrected chi connectivity index (χ3v) is 5.73. The molecule has 1 amide bonds. The molecule has 0 radical (unpaired) electrons. The first-order valence-corrected chi connectivity index (χ1v) is 9.08. The molecule has 0 saturated heterocycles. The fourth-order valence-electron chi connectivity index (χ4n) is 4.03. The quantitative estimate of drug-likeness (QED) is 0.842. The standard InChI is InChI=1S/C19H27N5O2/c1-13-9-11-19(12-10-13,23(4)18(25)26-5)17-20-21-22-24(17)16-14(2)7-6-8-15(16)3/h6-8,13H,9-12H2,1-5H3. The largest absolute Gasteiger partial charge is 0.453 e. The first-order valence-electron chi connectivity index (χ1n) is 9.08. The number of rotatable bonds is 3. The number of aryl methyl sites for hydroxylation is 2. The van der Waals surface area contributed by atoms with E-state index in [1.807, 2.05) is 32.0 Å². The highest BCUT2D eigenvalue weighted by atomic mass is 16.5. The van der Waals surface area contributed by atoms with Crippen LogP contribution < -0.4 is 0 Å². The molecule has 7 heteroatoms. The van der Waals surface area contributed by atoms with E-state index in [1.54, 1.807) is 16.6 Å². The number of methoxy groups -OCH3 is 1. The van der Waals surface area contributed by atoms with Gasteiger partial charge in [0.2, 0.25) is 0 Å². The van der Waals surface area contributed by atoms with Gasteiger partial charge in [0.25, 0.3) is 0 Å². The fraction of sp³-hybridized carbons (Fsp3) is 0.579. The lowest BCUT2D eigenvalue weighted by Crippen LogP contribution is -2.50. The summed E-state index contributed by atoms with van der Waals surface area (Å²) in [6, 6.07) is 6.12. The number of ether oxygens (including phenoxy) is 1. The highest BCUT2D eigenvalue weighted by molar-refractivity contribution is 5.68. The van der Waals surface area contributed by atoms with Crippen molar-refractivity contribution in [2.75, 3.05) is 14.2 Å². The van der Waals surface area contributed by atoms with Gasteiger partial charge in [-0.3, -0.25) is 4.90 Å². The maximum absolute atomic E-state index is 12.4. The Morgan fingerprint density at radius 3 is 2.46 bits per heavy atom. The van der Waals surface area contributed by atoms with Gasteiger partial charge in [-0.2, -0.15) is 4.68 Å². The van der Waals surface area contributed by atoms with Crippen LogP contribution in [0.4, 0.5) is 4.79 Å². The SMILES string of the molecule is COC(=O)N(C)C1(c2nnnn2-c2c(C)cccc2C)CCC(C)CC1. The van der Waals surface area contributed by atoms with Crippen molar-refractivity contribution in [2.24, 2.45) is 5.92 Å². The summed E-state index contributed by atoms with van der Waals surface area (Å²) < 4.78 is 6.82. The van der Waals surface area contributed by atoms with E-state index >= 15 is 0 Å². The van der Waals surface area contributed by atoms with Gasteiger partial charge in [0.1, 0.15) is 5.54 Å². The molecule has 3 rings (SSSR count). The van der Waals surface area contributed by atoms with Gasteiger partial charge < -0.3 is 4.74 Å². The van der Waals surface area contributed by atoms with Crippen molar-refractivity contribution in [1.29, 1.82) is 0 Å². The van der Waals surface area contributed by atoms with Crippen LogP contribution in [-0.2, 0) is 10.3 Å². The Labute approximate surface area is 154 Å². The second kappa shape index (κ2) is 7.05. The first-order chi connectivity index (χ1) is 12.4. The lowest BCUT2D eigenvalue weighted by Gasteiger charge is -2.44. The Morgan fingerprint density at radius 1 is 1.27 bits per heavy atom. The molecule has 1 aromatic carbocycles. The molecule has 0 spiro atoms. The molecule has 0 N–H and O–H groups in total. The van der Waals surface area contributed by atoms with Crippen LogP contribution >= 0.6 is 0 Å². The molecule has 26 heavy (non-hydrogen) atoms. The number of carbonyl (C=O) groups is 1. The fourth-order valence-corrected chi connectivity index (χ4v) is 4.03. The van der Waals surface area contributed by atoms with Gasteiger partial charge in [-0.25, -0.2) is 4.79 Å². The molecule has 0 aliphatic heterocycles. The monoisotopic (exact) mass is 357 g/mol. The third kappa shape index (κ3) is 2.95. The molecule has 1 aromatic heterocycles. The minimum Gasteiger partial charge on any atom is -0.453 e. The molecular formula is C19H27N5O2. The number of benzene rings is 1. The van der Waals surface area contributed by atoms with Crippen molar-refractivity contribution in [3.8, 4) is 5.69 Å². The van der Waals surface area contributed by atoms with Crippen LogP contribution in [-0.4, -0.2) is 45.4 Å². The Hall–Kier alpha value is -2.44. The zero-order valence-electron chi connectivity index (χ0n) is 16.2. The molecule has 1 aliphatic carbocycles. The zero-order valence-corrected chi connectivity index (χ0v) is 16.2. The van der Waals surface area contributed by atoms with E-state index in [-0.39, 0.29) is 6.09 Å². The van der Waals surface area contributed by atoms with Gasteiger partial charge in [0.15, 0.2) is 5.82 Å². The number of nitrogens with zero attached hydrogens (tertiary/aromatic N) is 5. The van der Waals surface area contributed by atoms with Crippen LogP contribution in [0, 0.1) is 19.8 Å². The predicted octanol–water partition coefficient (Wildman–Crippen LogP) is 3.38. The summed E-state index contributed by atoms with van der Waals surface area (Å²) in [4.78, 5) is 14.1. The third-order valence-electron chi connectivity index (χ3n) is 5.73. The lowest BCUT2D eigenvalue weighted by molar-refractivity contribution is 0.0383. The molecule has 1 fully saturated rings. The minimum atomic E-state index is -0.572. The molecule has 0 bridgehead atoms. The smallest absolute Gasteiger partial charge is 0.410 e. The number of amides is 1. The summed E-state index contributed by atoms with van der Waals surface area (Å²) >= 11 is 0. The number of hydrogen-bond donors (Lipinski definition) is 0. The summed E-state index contributed by atoms with van der Waals surface area (Å²) in [7, 11) is 3.19. The van der Waals surface area contributed by atoms with Crippen molar-refractivity contribution < 1.29 is 9.53 Å². The topological polar surface area (TPSA) is 73.1 Å². The van der Waals surface area contributed by atoms with Crippen LogP contribution in [0.15, 0.2) is 18.2 Å². The molecular weight excluding hydrogens is 330 g/mol. The van der Waals surface area contributed by atoms with Crippen molar-refractivity contribution in [3.05, 3.63) is 35.2 Å². The molecule has 1 heterocycles. The molecule has 0 unspecified atom stereocenters. The summed E-state index contributed by atoms with van der Waals surface area (Å²) in [5.74, 6) is 1.33. The minimum absolute atomic E-state index is 0.365. The molecule has 7 nitrogen and oxygen atoms in total. The molecule has 2 aromatic rings. The number of para-hydroxylation sites is 1. The first kappa shape index (κ1) is 18.4. The Bertz CT molecular complexity index is 773. The van der Waals surface area contributed by atoms with Gasteiger partial charge in [-0.1, -0.05) is 25.1 Å². The van der Waals surface area contributed by atoms with Crippen molar-refractivity contribution in [1.82, 2.24) is 25.1 Å². The second-order valence-electron chi connectivity index (χ2n) is 7.40. The van der Waals surface area contributed by atoms with Crippen molar-refractivity contribution >= 4 is 6.09 Å². The molecule has 140 valence electrons. The summed E-state index contributed by atoms with van der Waals surface area (Å²) in [5.41, 5.74) is 2.60. The molecule has 0 atom stereocenters. The highest BCUT2D eigenvalue weighted by Gasteiger charge is 2.46. The Kier molecular flexibility index (Phi) is 4.98. The Balaban J connectivity index is 2.16. The van der Waals surface area contributed by atoms with Crippen LogP contribution in [0.25, 0.3) is 5.69 Å². The average Bonchev–Trinajstić information content (AvgIpc) is 3.11. The maximum Gasteiger partial charge on any atom is 0.410 e. The number of carbonyl (C=O) groups excluding carboxylic acids is 1. The number of tetrazole rings is 1. The van der Waals surface area contributed by atoms with Gasteiger partial charge in [-0.15, -0.1) is 5.10 Å². The van der Waals surface area contributed by atoms with Crippen LogP contribution in [0.1, 0.15) is 49.6 Å². The average molecular weight is 357 g/mol. The van der Waals surface area contributed by atoms with E-state index in [0.29, 0.717) is 11.7 Å². The number of hydrogen-bond acceptors (Lipinski definition) is 5. The van der Waals surface area contributed by atoms with Crippen LogP contribution in [0.2, 0.25) is 0 Å². The highest BCUT2D eigenvalue weighted by Crippen LogP contribution is 2.43. The lowest BCUT2D eigenvalue weighted by atomic mass is 9.75. The summed E-state index contributed by atoms with van der Waals surface area (Å²) in [5, 5.41) is 12.6. The van der Waals surface area contributed by atoms with E-state index < -0.39 is 5.54 Å². The second-order valence-corrected chi connectivity index (χ2v) is 7.40. The van der Waals surface area contributed by atoms with E-state index in [1.165, 1.54) is 7.11 Å². The van der Waals surface area contributed by atoms with Gasteiger partial charge in [-0.05, 0) is 67.0 Å². The predicted molar refractivity (Wildman–Crippen MR) is 98.1 cm³/mol. The summed E-state index contributed by atoms with van der Waals surface area (Å²) in [6.07, 6.45) is 3.29. The van der Waals surface area contributed by atoms with Gasteiger partial charge in [0.05, 0.1) is 12.8 Å². The summed E-state index contributed by atoms with van der Waals surface area (Å²) in [6.45, 7) is 6.34. The van der Waals surface area contributed by atoms with E-state index in [9.17, 15) is 4.79 Å². The molecule has 1 saturated carbocycles. The van der Waals surface area contributed by atoms with E-state index in [0.717, 1.165) is 42.5 Å². The normalized spacial score (nSPS) is 22.9. The van der Waals surface area contributed by atoms with Crippen molar-refractivity contribution in [2.45, 2.75) is 52.0 Å². The maximum atomic E-state index is 12.4. The molecule has 1 aliphatic rings. The Morgan fingerprint density at radius 2 is 1.88 bits per heavy atom. The zero-order chi connectivity index (χ0) is 18.9. The number of aromatic nitrogens is 4. The van der Waals surface area contributed by atoms with Gasteiger partial charge in [0, 0.05) is 7.05 Å². The van der Waals surface area contributed by atoms with Gasteiger partial charge >= 0.3 is 6.09 Å². The van der Waals surface area contributed by atoms with E-state index in [2.05, 4.69) is 22.4 Å².